The van der Waals surface area contributed by atoms with E-state index in [2.05, 4.69) is 25.9 Å². The molecule has 1 aliphatic rings. The van der Waals surface area contributed by atoms with Crippen LogP contribution in [-0.2, 0) is 11.3 Å². The maximum Gasteiger partial charge on any atom is 0.197 e. The Morgan fingerprint density at radius 3 is 2.55 bits per heavy atom. The molecule has 0 unspecified atom stereocenters. The average Bonchev–Trinajstić information content (AvgIpc) is 2.88. The first-order chi connectivity index (χ1) is 9.42. The zero-order valence-electron chi connectivity index (χ0n) is 13.1. The van der Waals surface area contributed by atoms with Crippen LogP contribution >= 0.6 is 0 Å². The zero-order valence-corrected chi connectivity index (χ0v) is 13.1. The fraction of sp³-hybridized carbons (Fsp3) is 0.750. The first kappa shape index (κ1) is 15.2. The van der Waals surface area contributed by atoms with E-state index in [1.54, 1.807) is 13.3 Å². The molecule has 0 atom stereocenters. The highest BCUT2D eigenvalue weighted by molar-refractivity contribution is 6.02. The third-order valence-corrected chi connectivity index (χ3v) is 4.56. The SMILES string of the molecule is CCCn1cc(C(=O)C2(OC)CCC(C)(C)CC2)cn1. The van der Waals surface area contributed by atoms with Crippen molar-refractivity contribution < 1.29 is 9.53 Å². The highest BCUT2D eigenvalue weighted by atomic mass is 16.5. The van der Waals surface area contributed by atoms with Crippen molar-refractivity contribution in [2.75, 3.05) is 7.11 Å². The van der Waals surface area contributed by atoms with E-state index in [0.29, 0.717) is 11.0 Å². The number of hydrogen-bond donors (Lipinski definition) is 0. The molecule has 1 aliphatic carbocycles. The van der Waals surface area contributed by atoms with Crippen molar-refractivity contribution >= 4 is 5.78 Å². The Kier molecular flexibility index (Phi) is 4.33. The molecule has 1 fully saturated rings. The molecule has 0 spiro atoms. The number of ether oxygens (including phenoxy) is 1. The van der Waals surface area contributed by atoms with Crippen molar-refractivity contribution in [3.05, 3.63) is 18.0 Å². The Hall–Kier alpha value is -1.16. The topological polar surface area (TPSA) is 44.1 Å². The molecule has 1 saturated carbocycles. The monoisotopic (exact) mass is 278 g/mol. The molecule has 20 heavy (non-hydrogen) atoms. The summed E-state index contributed by atoms with van der Waals surface area (Å²) in [6.07, 6.45) is 8.19. The molecular weight excluding hydrogens is 252 g/mol. The highest BCUT2D eigenvalue weighted by Crippen LogP contribution is 2.43. The summed E-state index contributed by atoms with van der Waals surface area (Å²) in [6.45, 7) is 7.47. The van der Waals surface area contributed by atoms with Crippen molar-refractivity contribution in [1.82, 2.24) is 9.78 Å². The molecule has 1 aromatic rings. The van der Waals surface area contributed by atoms with E-state index in [0.717, 1.165) is 38.6 Å². The Morgan fingerprint density at radius 2 is 2.00 bits per heavy atom. The van der Waals surface area contributed by atoms with Crippen LogP contribution in [0.1, 0.15) is 63.2 Å². The van der Waals surface area contributed by atoms with E-state index in [1.165, 1.54) is 0 Å². The van der Waals surface area contributed by atoms with Gasteiger partial charge in [-0.1, -0.05) is 20.8 Å². The predicted molar refractivity (Wildman–Crippen MR) is 78.8 cm³/mol. The number of Topliss-reactive ketones (excluding diaryl/α,β-unsaturated/α-hetero) is 1. The first-order valence-corrected chi connectivity index (χ1v) is 7.55. The van der Waals surface area contributed by atoms with Gasteiger partial charge in [0.1, 0.15) is 5.60 Å². The summed E-state index contributed by atoms with van der Waals surface area (Å²) in [7, 11) is 1.66. The van der Waals surface area contributed by atoms with Gasteiger partial charge in [-0.05, 0) is 37.5 Å². The number of hydrogen-bond acceptors (Lipinski definition) is 3. The lowest BCUT2D eigenvalue weighted by Crippen LogP contribution is -2.45. The van der Waals surface area contributed by atoms with Crippen LogP contribution in [0.25, 0.3) is 0 Å². The summed E-state index contributed by atoms with van der Waals surface area (Å²) >= 11 is 0. The summed E-state index contributed by atoms with van der Waals surface area (Å²) < 4.78 is 7.51. The van der Waals surface area contributed by atoms with Crippen molar-refractivity contribution in [3.8, 4) is 0 Å². The van der Waals surface area contributed by atoms with E-state index >= 15 is 0 Å². The molecule has 1 aromatic heterocycles. The Morgan fingerprint density at radius 1 is 1.35 bits per heavy atom. The van der Waals surface area contributed by atoms with Gasteiger partial charge in [0.15, 0.2) is 5.78 Å². The number of ketones is 1. The average molecular weight is 278 g/mol. The number of rotatable bonds is 5. The molecule has 0 bridgehead atoms. The maximum atomic E-state index is 12.8. The number of carbonyl (C=O) groups excluding carboxylic acids is 1. The van der Waals surface area contributed by atoms with Crippen LogP contribution in [0.2, 0.25) is 0 Å². The number of aryl methyl sites for hydroxylation is 1. The van der Waals surface area contributed by atoms with E-state index in [9.17, 15) is 4.79 Å². The molecule has 0 N–H and O–H groups in total. The second-order valence-electron chi connectivity index (χ2n) is 6.68. The molecule has 0 saturated heterocycles. The smallest absolute Gasteiger partial charge is 0.197 e. The van der Waals surface area contributed by atoms with Gasteiger partial charge in [-0.15, -0.1) is 0 Å². The number of aromatic nitrogens is 2. The van der Waals surface area contributed by atoms with Crippen LogP contribution < -0.4 is 0 Å². The quantitative estimate of drug-likeness (QED) is 0.775. The normalized spacial score (nSPS) is 20.8. The molecular formula is C16H26N2O2. The highest BCUT2D eigenvalue weighted by Gasteiger charge is 2.44. The summed E-state index contributed by atoms with van der Waals surface area (Å²) in [4.78, 5) is 12.8. The molecule has 1 heterocycles. The Balaban J connectivity index is 2.16. The summed E-state index contributed by atoms with van der Waals surface area (Å²) in [5.41, 5.74) is 0.351. The fourth-order valence-electron chi connectivity index (χ4n) is 2.95. The summed E-state index contributed by atoms with van der Waals surface area (Å²) in [5.74, 6) is 0.0952. The van der Waals surface area contributed by atoms with Gasteiger partial charge in [0.05, 0.1) is 11.8 Å². The molecule has 4 nitrogen and oxygen atoms in total. The van der Waals surface area contributed by atoms with Gasteiger partial charge in [-0.25, -0.2) is 0 Å². The van der Waals surface area contributed by atoms with E-state index < -0.39 is 5.60 Å². The van der Waals surface area contributed by atoms with Gasteiger partial charge in [0, 0.05) is 19.9 Å². The van der Waals surface area contributed by atoms with E-state index in [4.69, 9.17) is 4.74 Å². The summed E-state index contributed by atoms with van der Waals surface area (Å²) in [5, 5.41) is 4.26. The van der Waals surface area contributed by atoms with Gasteiger partial charge >= 0.3 is 0 Å². The van der Waals surface area contributed by atoms with Crippen LogP contribution in [-0.4, -0.2) is 28.3 Å². The summed E-state index contributed by atoms with van der Waals surface area (Å²) in [6, 6.07) is 0. The third-order valence-electron chi connectivity index (χ3n) is 4.56. The minimum atomic E-state index is -0.643. The van der Waals surface area contributed by atoms with Gasteiger partial charge < -0.3 is 4.74 Å². The minimum absolute atomic E-state index is 0.0952. The lowest BCUT2D eigenvalue weighted by Gasteiger charge is -2.41. The molecule has 0 aromatic carbocycles. The van der Waals surface area contributed by atoms with Crippen molar-refractivity contribution in [3.63, 3.8) is 0 Å². The van der Waals surface area contributed by atoms with Gasteiger partial charge in [-0.2, -0.15) is 5.10 Å². The van der Waals surface area contributed by atoms with E-state index in [-0.39, 0.29) is 5.78 Å². The van der Waals surface area contributed by atoms with Crippen LogP contribution in [0.3, 0.4) is 0 Å². The van der Waals surface area contributed by atoms with Crippen molar-refractivity contribution in [2.45, 2.75) is 65.0 Å². The van der Waals surface area contributed by atoms with Crippen molar-refractivity contribution in [1.29, 1.82) is 0 Å². The molecule has 0 amide bonds. The maximum absolute atomic E-state index is 12.8. The number of methoxy groups -OCH3 is 1. The zero-order chi connectivity index (χ0) is 14.8. The lowest BCUT2D eigenvalue weighted by molar-refractivity contribution is -0.0383. The molecule has 0 aliphatic heterocycles. The third kappa shape index (κ3) is 2.95. The van der Waals surface area contributed by atoms with Crippen LogP contribution in [0.5, 0.6) is 0 Å². The van der Waals surface area contributed by atoms with Gasteiger partial charge in [0.25, 0.3) is 0 Å². The van der Waals surface area contributed by atoms with Gasteiger partial charge in [-0.3, -0.25) is 9.48 Å². The van der Waals surface area contributed by atoms with Crippen LogP contribution in [0, 0.1) is 5.41 Å². The van der Waals surface area contributed by atoms with Crippen LogP contribution in [0.15, 0.2) is 12.4 Å². The molecule has 0 radical (unpaired) electrons. The minimum Gasteiger partial charge on any atom is -0.370 e. The lowest BCUT2D eigenvalue weighted by atomic mass is 9.69. The Labute approximate surface area is 121 Å². The van der Waals surface area contributed by atoms with E-state index in [1.807, 2.05) is 10.9 Å². The largest absolute Gasteiger partial charge is 0.370 e. The number of nitrogens with zero attached hydrogens (tertiary/aromatic N) is 2. The molecule has 2 rings (SSSR count). The van der Waals surface area contributed by atoms with Gasteiger partial charge in [0.2, 0.25) is 0 Å². The second-order valence-corrected chi connectivity index (χ2v) is 6.68. The molecule has 4 heteroatoms. The van der Waals surface area contributed by atoms with Crippen LogP contribution in [0.4, 0.5) is 0 Å². The first-order valence-electron chi connectivity index (χ1n) is 7.55. The molecule has 112 valence electrons. The standard InChI is InChI=1S/C16H26N2O2/c1-5-10-18-12-13(11-17-18)14(19)16(20-4)8-6-15(2,3)7-9-16/h11-12H,5-10H2,1-4H3. The number of carbonyl (C=O) groups is 1. The predicted octanol–water partition coefficient (Wildman–Crippen LogP) is 3.46. The fourth-order valence-corrected chi connectivity index (χ4v) is 2.95. The second kappa shape index (κ2) is 5.68. The van der Waals surface area contributed by atoms with Crippen molar-refractivity contribution in [2.24, 2.45) is 5.41 Å². The Bertz CT molecular complexity index is 467.